The van der Waals surface area contributed by atoms with Crippen molar-refractivity contribution < 1.29 is 9.47 Å². The summed E-state index contributed by atoms with van der Waals surface area (Å²) < 4.78 is 9.85. The molecule has 0 heterocycles. The highest BCUT2D eigenvalue weighted by Crippen LogP contribution is 2.04. The van der Waals surface area contributed by atoms with Gasteiger partial charge in [0.15, 0.2) is 11.1 Å². The van der Waals surface area contributed by atoms with Gasteiger partial charge in [0, 0.05) is 6.42 Å². The van der Waals surface area contributed by atoms with E-state index in [1.807, 2.05) is 0 Å². The quantitative estimate of drug-likeness (QED) is 0.453. The van der Waals surface area contributed by atoms with Crippen molar-refractivity contribution in [3.8, 4) is 0 Å². The second-order valence-corrected chi connectivity index (χ2v) is 2.27. The first kappa shape index (κ1) is 10.8. The number of ether oxygens (including phenoxy) is 2. The lowest BCUT2D eigenvalue weighted by atomic mass is 10.2. The second-order valence-electron chi connectivity index (χ2n) is 1.89. The van der Waals surface area contributed by atoms with Crippen molar-refractivity contribution in [3.05, 3.63) is 6.92 Å². The Hall–Kier alpha value is -0.220. The molecule has 0 N–H and O–H groups in total. The lowest BCUT2D eigenvalue weighted by molar-refractivity contribution is -0.00684. The van der Waals surface area contributed by atoms with E-state index in [1.165, 1.54) is 11.1 Å². The van der Waals surface area contributed by atoms with Crippen molar-refractivity contribution in [1.82, 2.24) is 0 Å². The van der Waals surface area contributed by atoms with Crippen LogP contribution in [0.5, 0.6) is 0 Å². The minimum Gasteiger partial charge on any atom is -0.451 e. The Balaban J connectivity index is 3.49. The molecule has 0 aromatic heterocycles. The predicted molar refractivity (Wildman–Crippen MR) is 52.5 cm³/mol. The maximum absolute atomic E-state index is 4.93. The molecule has 0 aromatic carbocycles. The second kappa shape index (κ2) is 7.88. The summed E-state index contributed by atoms with van der Waals surface area (Å²) in [6.45, 7) is 3.69. The van der Waals surface area contributed by atoms with Crippen LogP contribution in [0.2, 0.25) is 0 Å². The Morgan fingerprint density at radius 2 is 1.82 bits per heavy atom. The van der Waals surface area contributed by atoms with Crippen LogP contribution in [0.1, 0.15) is 19.3 Å². The molecule has 2 nitrogen and oxygen atoms in total. The summed E-state index contributed by atoms with van der Waals surface area (Å²) in [5.74, 6) is 0. The monoisotopic (exact) mass is 191 g/mol. The van der Waals surface area contributed by atoms with E-state index < -0.39 is 0 Å². The summed E-state index contributed by atoms with van der Waals surface area (Å²) in [5, 5.41) is 0. The molecule has 0 aromatic rings. The molecule has 11 heavy (non-hydrogen) atoms. The molecule has 0 aliphatic heterocycles. The fraction of sp³-hybridized carbons (Fsp3) is 0.571. The Morgan fingerprint density at radius 3 is 2.18 bits per heavy atom. The van der Waals surface area contributed by atoms with Gasteiger partial charge in [0.2, 0.25) is 6.29 Å². The Morgan fingerprint density at radius 1 is 1.27 bits per heavy atom. The molecule has 0 aliphatic rings. The van der Waals surface area contributed by atoms with Gasteiger partial charge in [-0.2, -0.15) is 0 Å². The van der Waals surface area contributed by atoms with Crippen LogP contribution in [0.3, 0.4) is 0 Å². The van der Waals surface area contributed by atoms with Gasteiger partial charge in [-0.25, -0.2) is 0 Å². The number of hydrogen-bond donors (Lipinski definition) is 0. The molecule has 0 fully saturated rings. The molecule has 0 bridgehead atoms. The van der Waals surface area contributed by atoms with Gasteiger partial charge in [0.1, 0.15) is 0 Å². The molecule has 63 valence electrons. The van der Waals surface area contributed by atoms with Crippen molar-refractivity contribution in [2.24, 2.45) is 0 Å². The fourth-order valence-electron chi connectivity index (χ4n) is 0.603. The normalized spacial score (nSPS) is 9.27. The first-order chi connectivity index (χ1) is 5.35. The highest BCUT2D eigenvalue weighted by molar-refractivity contribution is 7.78. The molecule has 0 saturated carbocycles. The number of thiocarbonyl (C=S) groups is 2. The molecule has 0 rings (SSSR count). The average Bonchev–Trinajstić information content (AvgIpc) is 2.01. The first-order valence-electron chi connectivity index (χ1n) is 3.32. The summed E-state index contributed by atoms with van der Waals surface area (Å²) >= 11 is 9.00. The van der Waals surface area contributed by atoms with Gasteiger partial charge in [-0.15, -0.1) is 0 Å². The molecule has 4 heteroatoms. The van der Waals surface area contributed by atoms with Gasteiger partial charge in [-0.1, -0.05) is 13.3 Å². The third kappa shape index (κ3) is 6.19. The third-order valence-electron chi connectivity index (χ3n) is 1.10. The number of unbranched alkanes of at least 4 members (excludes halogenated alkanes) is 1. The minimum absolute atomic E-state index is 0.327. The maximum atomic E-state index is 4.93. The third-order valence-corrected chi connectivity index (χ3v) is 1.33. The lowest BCUT2D eigenvalue weighted by Crippen LogP contribution is -2.14. The summed E-state index contributed by atoms with van der Waals surface area (Å²) in [6.07, 6.45) is 2.24. The van der Waals surface area contributed by atoms with Gasteiger partial charge in [0.05, 0.1) is 0 Å². The predicted octanol–water partition coefficient (Wildman–Crippen LogP) is 2.26. The van der Waals surface area contributed by atoms with Gasteiger partial charge < -0.3 is 9.47 Å². The molecule has 0 aliphatic carbocycles. The Kier molecular flexibility index (Phi) is 7.72. The van der Waals surface area contributed by atoms with E-state index in [9.17, 15) is 0 Å². The van der Waals surface area contributed by atoms with Gasteiger partial charge in [-0.05, 0) is 30.9 Å². The minimum atomic E-state index is -0.327. The van der Waals surface area contributed by atoms with Crippen LogP contribution in [0.25, 0.3) is 0 Å². The van der Waals surface area contributed by atoms with Crippen LogP contribution in [-0.4, -0.2) is 17.4 Å². The topological polar surface area (TPSA) is 18.5 Å². The Bertz CT molecular complexity index is 107. The van der Waals surface area contributed by atoms with E-state index in [2.05, 4.69) is 31.4 Å². The standard InChI is InChI=1S/C7H11O2S2/c1-2-3-4-7(8-5-10)9-6-11/h5-7H,1-4H2. The van der Waals surface area contributed by atoms with E-state index in [4.69, 9.17) is 9.47 Å². The Labute approximate surface area is 77.9 Å². The van der Waals surface area contributed by atoms with E-state index in [0.29, 0.717) is 0 Å². The smallest absolute Gasteiger partial charge is 0.241 e. The summed E-state index contributed by atoms with van der Waals surface area (Å²) in [7, 11) is 0. The molecule has 0 saturated heterocycles. The van der Waals surface area contributed by atoms with Crippen molar-refractivity contribution in [1.29, 1.82) is 0 Å². The van der Waals surface area contributed by atoms with Gasteiger partial charge in [-0.3, -0.25) is 0 Å². The summed E-state index contributed by atoms with van der Waals surface area (Å²) in [5.41, 5.74) is 2.37. The van der Waals surface area contributed by atoms with Crippen molar-refractivity contribution in [2.75, 3.05) is 0 Å². The number of rotatable bonds is 7. The molecule has 0 atom stereocenters. The highest BCUT2D eigenvalue weighted by atomic mass is 32.1. The van der Waals surface area contributed by atoms with Crippen molar-refractivity contribution >= 4 is 35.5 Å². The highest BCUT2D eigenvalue weighted by Gasteiger charge is 2.05. The summed E-state index contributed by atoms with van der Waals surface area (Å²) in [4.78, 5) is 0. The van der Waals surface area contributed by atoms with Crippen LogP contribution in [-0.2, 0) is 9.47 Å². The SMILES string of the molecule is [CH2]CCCC(OC=S)OC=S. The molecular formula is C7H11O2S2. The van der Waals surface area contributed by atoms with Gasteiger partial charge in [0.25, 0.3) is 0 Å². The van der Waals surface area contributed by atoms with Crippen molar-refractivity contribution in [3.63, 3.8) is 0 Å². The van der Waals surface area contributed by atoms with E-state index in [0.717, 1.165) is 19.3 Å². The number of hydrogen-bond acceptors (Lipinski definition) is 4. The largest absolute Gasteiger partial charge is 0.451 e. The zero-order valence-corrected chi connectivity index (χ0v) is 7.83. The fourth-order valence-corrected chi connectivity index (χ4v) is 0.851. The van der Waals surface area contributed by atoms with Crippen LogP contribution >= 0.6 is 24.4 Å². The van der Waals surface area contributed by atoms with Crippen molar-refractivity contribution in [2.45, 2.75) is 25.6 Å². The molecule has 1 radical (unpaired) electrons. The molecule has 0 spiro atoms. The first-order valence-corrected chi connectivity index (χ1v) is 4.27. The van der Waals surface area contributed by atoms with Crippen LogP contribution in [0.4, 0.5) is 0 Å². The zero-order chi connectivity index (χ0) is 8.53. The van der Waals surface area contributed by atoms with Gasteiger partial charge >= 0.3 is 0 Å². The van der Waals surface area contributed by atoms with E-state index >= 15 is 0 Å². The van der Waals surface area contributed by atoms with Crippen LogP contribution in [0, 0.1) is 6.92 Å². The summed E-state index contributed by atoms with van der Waals surface area (Å²) in [6, 6.07) is 0. The molecular weight excluding hydrogens is 180 g/mol. The zero-order valence-electron chi connectivity index (χ0n) is 6.19. The molecule has 0 unspecified atom stereocenters. The maximum Gasteiger partial charge on any atom is 0.241 e. The molecule has 0 amide bonds. The van der Waals surface area contributed by atoms with Crippen LogP contribution in [0.15, 0.2) is 0 Å². The van der Waals surface area contributed by atoms with E-state index in [1.54, 1.807) is 0 Å². The average molecular weight is 191 g/mol. The lowest BCUT2D eigenvalue weighted by Gasteiger charge is -2.13. The van der Waals surface area contributed by atoms with Crippen LogP contribution < -0.4 is 0 Å². The van der Waals surface area contributed by atoms with E-state index in [-0.39, 0.29) is 6.29 Å².